The molecule has 2 N–H and O–H groups in total. The highest BCUT2D eigenvalue weighted by Crippen LogP contribution is 2.33. The normalized spacial score (nSPS) is 13.4. The summed E-state index contributed by atoms with van der Waals surface area (Å²) in [5, 5.41) is 0. The number of nitrogens with zero attached hydrogens (tertiary/aromatic N) is 2. The minimum atomic E-state index is 0.498. The number of hydrogen-bond donors (Lipinski definition) is 1. The van der Waals surface area contributed by atoms with Gasteiger partial charge in [-0.25, -0.2) is 4.98 Å². The molecule has 1 aromatic heterocycles. The average Bonchev–Trinajstić information content (AvgIpc) is 2.97. The van der Waals surface area contributed by atoms with E-state index in [1.54, 1.807) is 0 Å². The summed E-state index contributed by atoms with van der Waals surface area (Å²) in [7, 11) is 0. The van der Waals surface area contributed by atoms with E-state index in [0.29, 0.717) is 6.54 Å². The van der Waals surface area contributed by atoms with E-state index < -0.39 is 0 Å². The Morgan fingerprint density at radius 1 is 1.47 bits per heavy atom. The number of halogens is 1. The fourth-order valence-corrected chi connectivity index (χ4v) is 3.08. The fourth-order valence-electron chi connectivity index (χ4n) is 2.53. The third kappa shape index (κ3) is 2.28. The van der Waals surface area contributed by atoms with Gasteiger partial charge in [0.2, 0.25) is 0 Å². The van der Waals surface area contributed by atoms with Crippen LogP contribution in [-0.2, 0) is 19.5 Å². The van der Waals surface area contributed by atoms with Crippen molar-refractivity contribution in [2.75, 3.05) is 6.61 Å². The second-order valence-electron chi connectivity index (χ2n) is 4.74. The zero-order valence-corrected chi connectivity index (χ0v) is 12.4. The minimum absolute atomic E-state index is 0.498. The first kappa shape index (κ1) is 12.7. The molecular formula is C14H16BrN3O. The van der Waals surface area contributed by atoms with Crippen molar-refractivity contribution in [1.82, 2.24) is 9.55 Å². The van der Waals surface area contributed by atoms with E-state index in [4.69, 9.17) is 10.5 Å². The Labute approximate surface area is 120 Å². The molecule has 3 rings (SSSR count). The van der Waals surface area contributed by atoms with Crippen LogP contribution in [0.25, 0.3) is 0 Å². The van der Waals surface area contributed by atoms with Crippen LogP contribution in [0.5, 0.6) is 5.75 Å². The molecule has 0 atom stereocenters. The standard InChI is InChI=1S/C14H16BrN3O/c1-9-17-7-13(6-16)18(9)8-11-5-12(15)4-10-2-3-19-14(10)11/h4-5,7H,2-3,6,8,16H2,1H3. The highest BCUT2D eigenvalue weighted by atomic mass is 79.9. The van der Waals surface area contributed by atoms with Gasteiger partial charge in [-0.05, 0) is 24.6 Å². The van der Waals surface area contributed by atoms with E-state index in [1.807, 2.05) is 13.1 Å². The molecule has 0 amide bonds. The van der Waals surface area contributed by atoms with Gasteiger partial charge in [-0.2, -0.15) is 0 Å². The number of rotatable bonds is 3. The Hall–Kier alpha value is -1.33. The minimum Gasteiger partial charge on any atom is -0.493 e. The van der Waals surface area contributed by atoms with Gasteiger partial charge >= 0.3 is 0 Å². The molecule has 0 fully saturated rings. The van der Waals surface area contributed by atoms with Crippen molar-refractivity contribution in [2.24, 2.45) is 5.73 Å². The number of fused-ring (bicyclic) bond motifs is 1. The lowest BCUT2D eigenvalue weighted by Gasteiger charge is -2.13. The first-order chi connectivity index (χ1) is 9.19. The molecule has 100 valence electrons. The Morgan fingerprint density at radius 2 is 2.32 bits per heavy atom. The van der Waals surface area contributed by atoms with Crippen LogP contribution in [0.4, 0.5) is 0 Å². The number of nitrogens with two attached hydrogens (primary N) is 1. The van der Waals surface area contributed by atoms with Crippen molar-refractivity contribution >= 4 is 15.9 Å². The molecule has 0 saturated carbocycles. The van der Waals surface area contributed by atoms with Crippen LogP contribution >= 0.6 is 15.9 Å². The monoisotopic (exact) mass is 321 g/mol. The molecule has 4 nitrogen and oxygen atoms in total. The summed E-state index contributed by atoms with van der Waals surface area (Å²) < 4.78 is 9.00. The fraction of sp³-hybridized carbons (Fsp3) is 0.357. The summed E-state index contributed by atoms with van der Waals surface area (Å²) in [6.07, 6.45) is 2.82. The van der Waals surface area contributed by atoms with E-state index in [9.17, 15) is 0 Å². The van der Waals surface area contributed by atoms with Crippen molar-refractivity contribution in [3.8, 4) is 5.75 Å². The molecule has 0 saturated heterocycles. The van der Waals surface area contributed by atoms with Crippen molar-refractivity contribution in [1.29, 1.82) is 0 Å². The summed E-state index contributed by atoms with van der Waals surface area (Å²) in [4.78, 5) is 4.33. The van der Waals surface area contributed by atoms with E-state index in [1.165, 1.54) is 11.1 Å². The van der Waals surface area contributed by atoms with Crippen LogP contribution in [-0.4, -0.2) is 16.2 Å². The van der Waals surface area contributed by atoms with Gasteiger partial charge in [0.25, 0.3) is 0 Å². The number of aromatic nitrogens is 2. The van der Waals surface area contributed by atoms with Crippen LogP contribution in [0.1, 0.15) is 22.6 Å². The van der Waals surface area contributed by atoms with Gasteiger partial charge in [-0.15, -0.1) is 0 Å². The third-order valence-electron chi connectivity index (χ3n) is 3.50. The molecule has 2 aromatic rings. The Balaban J connectivity index is 2.02. The second kappa shape index (κ2) is 4.98. The molecular weight excluding hydrogens is 306 g/mol. The Kier molecular flexibility index (Phi) is 3.33. The maximum atomic E-state index is 5.76. The van der Waals surface area contributed by atoms with Crippen molar-refractivity contribution in [3.05, 3.63) is 45.4 Å². The van der Waals surface area contributed by atoms with Crippen molar-refractivity contribution in [2.45, 2.75) is 26.4 Å². The second-order valence-corrected chi connectivity index (χ2v) is 5.65. The van der Waals surface area contributed by atoms with Crippen LogP contribution < -0.4 is 10.5 Å². The molecule has 0 aliphatic carbocycles. The average molecular weight is 322 g/mol. The molecule has 0 bridgehead atoms. The Bertz CT molecular complexity index is 621. The van der Waals surface area contributed by atoms with Gasteiger partial charge in [-0.1, -0.05) is 15.9 Å². The topological polar surface area (TPSA) is 53.1 Å². The van der Waals surface area contributed by atoms with E-state index in [0.717, 1.165) is 41.3 Å². The lowest BCUT2D eigenvalue weighted by atomic mass is 10.1. The largest absolute Gasteiger partial charge is 0.493 e. The van der Waals surface area contributed by atoms with Crippen LogP contribution in [0, 0.1) is 6.92 Å². The van der Waals surface area contributed by atoms with Crippen molar-refractivity contribution in [3.63, 3.8) is 0 Å². The summed E-state index contributed by atoms with van der Waals surface area (Å²) in [5.41, 5.74) is 9.26. The predicted molar refractivity (Wildman–Crippen MR) is 77.3 cm³/mol. The van der Waals surface area contributed by atoms with Crippen molar-refractivity contribution < 1.29 is 4.74 Å². The van der Waals surface area contributed by atoms with E-state index in [2.05, 4.69) is 37.6 Å². The smallest absolute Gasteiger partial charge is 0.127 e. The number of ether oxygens (including phenoxy) is 1. The molecule has 19 heavy (non-hydrogen) atoms. The number of benzene rings is 1. The zero-order chi connectivity index (χ0) is 13.4. The third-order valence-corrected chi connectivity index (χ3v) is 3.96. The summed E-state index contributed by atoms with van der Waals surface area (Å²) in [6.45, 7) is 4.02. The molecule has 1 aromatic carbocycles. The van der Waals surface area contributed by atoms with E-state index >= 15 is 0 Å². The van der Waals surface area contributed by atoms with Crippen LogP contribution in [0.2, 0.25) is 0 Å². The first-order valence-corrected chi connectivity index (χ1v) is 7.13. The lowest BCUT2D eigenvalue weighted by molar-refractivity contribution is 0.352. The van der Waals surface area contributed by atoms with Crippen LogP contribution in [0.15, 0.2) is 22.8 Å². The van der Waals surface area contributed by atoms with Gasteiger partial charge in [0, 0.05) is 29.2 Å². The SMILES string of the molecule is Cc1ncc(CN)n1Cc1cc(Br)cc2c1OCC2. The summed E-state index contributed by atoms with van der Waals surface area (Å²) in [6, 6.07) is 4.25. The molecule has 0 spiro atoms. The van der Waals surface area contributed by atoms with Gasteiger partial charge < -0.3 is 15.0 Å². The van der Waals surface area contributed by atoms with Gasteiger partial charge in [-0.3, -0.25) is 0 Å². The maximum Gasteiger partial charge on any atom is 0.127 e. The predicted octanol–water partition coefficient (Wildman–Crippen LogP) is 2.40. The first-order valence-electron chi connectivity index (χ1n) is 6.34. The molecule has 5 heteroatoms. The maximum absolute atomic E-state index is 5.76. The van der Waals surface area contributed by atoms with Gasteiger partial charge in [0.05, 0.1) is 18.8 Å². The quantitative estimate of drug-likeness (QED) is 0.944. The molecule has 2 heterocycles. The highest BCUT2D eigenvalue weighted by Gasteiger charge is 2.18. The lowest BCUT2D eigenvalue weighted by Crippen LogP contribution is -2.10. The zero-order valence-electron chi connectivity index (χ0n) is 10.8. The summed E-state index contributed by atoms with van der Waals surface area (Å²) >= 11 is 3.57. The van der Waals surface area contributed by atoms with Gasteiger partial charge in [0.15, 0.2) is 0 Å². The number of imidazole rings is 1. The molecule has 1 aliphatic rings. The number of hydrogen-bond acceptors (Lipinski definition) is 3. The van der Waals surface area contributed by atoms with Crippen LogP contribution in [0.3, 0.4) is 0 Å². The Morgan fingerprint density at radius 3 is 3.11 bits per heavy atom. The molecule has 1 aliphatic heterocycles. The van der Waals surface area contributed by atoms with Gasteiger partial charge in [0.1, 0.15) is 11.6 Å². The highest BCUT2D eigenvalue weighted by molar-refractivity contribution is 9.10. The molecule has 0 unspecified atom stereocenters. The summed E-state index contributed by atoms with van der Waals surface area (Å²) in [5.74, 6) is 2.01. The van der Waals surface area contributed by atoms with E-state index in [-0.39, 0.29) is 0 Å². The number of aryl methyl sites for hydroxylation is 1. The molecule has 0 radical (unpaired) electrons.